The van der Waals surface area contributed by atoms with Crippen LogP contribution in [-0.4, -0.2) is 23.1 Å². The van der Waals surface area contributed by atoms with Crippen molar-refractivity contribution < 1.29 is 14.3 Å². The van der Waals surface area contributed by atoms with Crippen LogP contribution in [0, 0.1) is 13.8 Å². The Bertz CT molecular complexity index is 689. The minimum absolute atomic E-state index is 0.0913. The molecule has 1 atom stereocenters. The number of amides is 1. The van der Waals surface area contributed by atoms with Gasteiger partial charge < -0.3 is 14.6 Å². The number of nitrogens with zero attached hydrogens (tertiary/aromatic N) is 1. The Morgan fingerprint density at radius 1 is 1.39 bits per heavy atom. The molecule has 0 aromatic carbocycles. The lowest BCUT2D eigenvalue weighted by molar-refractivity contribution is -0.124. The molecule has 0 aliphatic carbocycles. The van der Waals surface area contributed by atoms with Crippen molar-refractivity contribution in [2.45, 2.75) is 40.3 Å². The molecule has 1 amide bonds. The van der Waals surface area contributed by atoms with E-state index in [0.29, 0.717) is 5.56 Å². The maximum atomic E-state index is 12.2. The molecule has 5 nitrogen and oxygen atoms in total. The number of carbonyl (C=O) groups is 2. The summed E-state index contributed by atoms with van der Waals surface area (Å²) in [7, 11) is 0. The fourth-order valence-corrected chi connectivity index (χ4v) is 3.33. The standard InChI is InChI=1S/C17H22N2O3S/c1-5-19-11(2)9-14(13(19)4)17(21)22-10-16(20)18-12(3)15-7-6-8-23-15/h6-9,12H,5,10H2,1-4H3,(H,18,20)/t12-/m1/s1. The predicted octanol–water partition coefficient (Wildman–Crippen LogP) is 3.22. The van der Waals surface area contributed by atoms with E-state index < -0.39 is 5.97 Å². The smallest absolute Gasteiger partial charge is 0.340 e. The summed E-state index contributed by atoms with van der Waals surface area (Å²) < 4.78 is 7.18. The van der Waals surface area contributed by atoms with Crippen LogP contribution in [0.3, 0.4) is 0 Å². The van der Waals surface area contributed by atoms with Gasteiger partial charge in [-0.25, -0.2) is 4.79 Å². The number of aryl methyl sites for hydroxylation is 1. The number of aromatic nitrogens is 1. The molecular formula is C17H22N2O3S. The van der Waals surface area contributed by atoms with Gasteiger partial charge in [-0.3, -0.25) is 4.79 Å². The number of thiophene rings is 1. The summed E-state index contributed by atoms with van der Waals surface area (Å²) in [6, 6.07) is 5.60. The summed E-state index contributed by atoms with van der Waals surface area (Å²) in [5.41, 5.74) is 2.39. The van der Waals surface area contributed by atoms with Gasteiger partial charge in [0.25, 0.3) is 5.91 Å². The monoisotopic (exact) mass is 334 g/mol. The highest BCUT2D eigenvalue weighted by Crippen LogP contribution is 2.18. The summed E-state index contributed by atoms with van der Waals surface area (Å²) in [4.78, 5) is 25.1. The Labute approximate surface area is 140 Å². The highest BCUT2D eigenvalue weighted by molar-refractivity contribution is 7.10. The molecule has 124 valence electrons. The molecule has 2 rings (SSSR count). The first-order valence-corrected chi connectivity index (χ1v) is 8.48. The first-order chi connectivity index (χ1) is 10.9. The van der Waals surface area contributed by atoms with Crippen LogP contribution in [0.1, 0.15) is 46.5 Å². The van der Waals surface area contributed by atoms with Crippen molar-refractivity contribution in [3.8, 4) is 0 Å². The number of carbonyl (C=O) groups excluding carboxylic acids is 2. The Hall–Kier alpha value is -2.08. The normalized spacial score (nSPS) is 12.0. The van der Waals surface area contributed by atoms with Crippen LogP contribution < -0.4 is 5.32 Å². The molecule has 0 spiro atoms. The molecule has 1 N–H and O–H groups in total. The van der Waals surface area contributed by atoms with Crippen molar-refractivity contribution >= 4 is 23.2 Å². The summed E-state index contributed by atoms with van der Waals surface area (Å²) in [5, 5.41) is 4.78. The molecule has 2 aromatic heterocycles. The fourth-order valence-electron chi connectivity index (χ4n) is 2.60. The van der Waals surface area contributed by atoms with E-state index in [1.807, 2.05) is 49.8 Å². The number of hydrogen-bond acceptors (Lipinski definition) is 4. The number of hydrogen-bond donors (Lipinski definition) is 1. The maximum absolute atomic E-state index is 12.2. The van der Waals surface area contributed by atoms with Gasteiger partial charge in [-0.05, 0) is 45.2 Å². The topological polar surface area (TPSA) is 60.3 Å². The average Bonchev–Trinajstić information content (AvgIpc) is 3.13. The van der Waals surface area contributed by atoms with Gasteiger partial charge in [0.2, 0.25) is 0 Å². The molecule has 6 heteroatoms. The second-order valence-electron chi connectivity index (χ2n) is 5.41. The van der Waals surface area contributed by atoms with Crippen molar-refractivity contribution in [1.29, 1.82) is 0 Å². The zero-order valence-electron chi connectivity index (χ0n) is 13.9. The number of rotatable bonds is 6. The van der Waals surface area contributed by atoms with Gasteiger partial charge in [-0.15, -0.1) is 11.3 Å². The molecule has 0 radical (unpaired) electrons. The van der Waals surface area contributed by atoms with E-state index >= 15 is 0 Å². The third-order valence-corrected chi connectivity index (χ3v) is 4.85. The van der Waals surface area contributed by atoms with E-state index in [4.69, 9.17) is 4.74 Å². The Morgan fingerprint density at radius 3 is 2.70 bits per heavy atom. The van der Waals surface area contributed by atoms with Crippen LogP contribution in [0.25, 0.3) is 0 Å². The van der Waals surface area contributed by atoms with Gasteiger partial charge >= 0.3 is 5.97 Å². The van der Waals surface area contributed by atoms with E-state index in [1.54, 1.807) is 17.4 Å². The van der Waals surface area contributed by atoms with Crippen molar-refractivity contribution in [1.82, 2.24) is 9.88 Å². The third-order valence-electron chi connectivity index (χ3n) is 3.79. The SMILES string of the molecule is CCn1c(C)cc(C(=O)OCC(=O)N[C@H](C)c2cccs2)c1C. The summed E-state index contributed by atoms with van der Waals surface area (Å²) in [6.45, 7) is 8.28. The van der Waals surface area contributed by atoms with Crippen LogP contribution in [0.2, 0.25) is 0 Å². The number of ether oxygens (including phenoxy) is 1. The van der Waals surface area contributed by atoms with E-state index in [1.165, 1.54) is 0 Å². The molecule has 2 heterocycles. The van der Waals surface area contributed by atoms with Gasteiger partial charge in [0.1, 0.15) is 0 Å². The van der Waals surface area contributed by atoms with Crippen LogP contribution in [0.4, 0.5) is 0 Å². The first kappa shape index (κ1) is 17.3. The molecule has 0 bridgehead atoms. The molecule has 0 aliphatic heterocycles. The van der Waals surface area contributed by atoms with Crippen LogP contribution >= 0.6 is 11.3 Å². The van der Waals surface area contributed by atoms with E-state index in [2.05, 4.69) is 5.32 Å². The zero-order chi connectivity index (χ0) is 17.0. The van der Waals surface area contributed by atoms with Crippen molar-refractivity contribution in [3.05, 3.63) is 45.4 Å². The van der Waals surface area contributed by atoms with E-state index in [-0.39, 0.29) is 18.6 Å². The first-order valence-electron chi connectivity index (χ1n) is 7.60. The van der Waals surface area contributed by atoms with Gasteiger partial charge in [-0.2, -0.15) is 0 Å². The van der Waals surface area contributed by atoms with Gasteiger partial charge in [0, 0.05) is 22.8 Å². The van der Waals surface area contributed by atoms with Crippen LogP contribution in [0.5, 0.6) is 0 Å². The molecule has 0 fully saturated rings. The van der Waals surface area contributed by atoms with Crippen LogP contribution in [0.15, 0.2) is 23.6 Å². The minimum atomic E-state index is -0.461. The Kier molecular flexibility index (Phi) is 5.60. The zero-order valence-corrected chi connectivity index (χ0v) is 14.7. The highest BCUT2D eigenvalue weighted by Gasteiger charge is 2.18. The van der Waals surface area contributed by atoms with Crippen LogP contribution in [-0.2, 0) is 16.1 Å². The Morgan fingerprint density at radius 2 is 2.13 bits per heavy atom. The summed E-state index contributed by atoms with van der Waals surface area (Å²) in [6.07, 6.45) is 0. The van der Waals surface area contributed by atoms with Gasteiger partial charge in [0.05, 0.1) is 11.6 Å². The lowest BCUT2D eigenvalue weighted by Crippen LogP contribution is -2.30. The second-order valence-corrected chi connectivity index (χ2v) is 6.39. The number of esters is 1. The highest BCUT2D eigenvalue weighted by atomic mass is 32.1. The Balaban J connectivity index is 1.90. The maximum Gasteiger partial charge on any atom is 0.340 e. The molecule has 23 heavy (non-hydrogen) atoms. The molecule has 0 saturated carbocycles. The molecule has 0 unspecified atom stereocenters. The molecular weight excluding hydrogens is 312 g/mol. The fraction of sp³-hybridized carbons (Fsp3) is 0.412. The quantitative estimate of drug-likeness (QED) is 0.825. The lowest BCUT2D eigenvalue weighted by atomic mass is 10.2. The molecule has 0 aliphatic rings. The van der Waals surface area contributed by atoms with Crippen molar-refractivity contribution in [3.63, 3.8) is 0 Å². The van der Waals surface area contributed by atoms with Crippen molar-refractivity contribution in [2.24, 2.45) is 0 Å². The van der Waals surface area contributed by atoms with E-state index in [0.717, 1.165) is 22.8 Å². The minimum Gasteiger partial charge on any atom is -0.452 e. The second kappa shape index (κ2) is 7.46. The third kappa shape index (κ3) is 4.01. The summed E-state index contributed by atoms with van der Waals surface area (Å²) in [5.74, 6) is -0.764. The lowest BCUT2D eigenvalue weighted by Gasteiger charge is -2.12. The molecule has 0 saturated heterocycles. The summed E-state index contributed by atoms with van der Waals surface area (Å²) >= 11 is 1.58. The van der Waals surface area contributed by atoms with E-state index in [9.17, 15) is 9.59 Å². The average molecular weight is 334 g/mol. The molecule has 2 aromatic rings. The largest absolute Gasteiger partial charge is 0.452 e. The van der Waals surface area contributed by atoms with Crippen molar-refractivity contribution in [2.75, 3.05) is 6.61 Å². The predicted molar refractivity (Wildman–Crippen MR) is 90.7 cm³/mol. The van der Waals surface area contributed by atoms with Gasteiger partial charge in [-0.1, -0.05) is 6.07 Å². The number of nitrogens with one attached hydrogen (secondary N) is 1. The van der Waals surface area contributed by atoms with Gasteiger partial charge in [0.15, 0.2) is 6.61 Å².